The molecule has 0 aliphatic carbocycles. The van der Waals surface area contributed by atoms with Gasteiger partial charge in [0.2, 0.25) is 5.82 Å². The molecule has 0 amide bonds. The van der Waals surface area contributed by atoms with Crippen LogP contribution >= 0.6 is 11.6 Å². The lowest BCUT2D eigenvalue weighted by Gasteiger charge is -1.99. The maximum absolute atomic E-state index is 12.8. The SMILES string of the molecule is O=C(CCl)c1cc(F)c(F)c([N+](=O)[O-])c1. The van der Waals surface area contributed by atoms with Gasteiger partial charge >= 0.3 is 5.69 Å². The number of Topliss-reactive ketones (excluding diaryl/α,β-unsaturated/α-hetero) is 1. The Morgan fingerprint density at radius 3 is 2.53 bits per heavy atom. The van der Waals surface area contributed by atoms with E-state index in [0.29, 0.717) is 12.1 Å². The van der Waals surface area contributed by atoms with Gasteiger partial charge in [0.05, 0.1) is 10.8 Å². The molecule has 0 saturated heterocycles. The normalized spacial score (nSPS) is 10.1. The second kappa shape index (κ2) is 4.31. The molecule has 0 heterocycles. The van der Waals surface area contributed by atoms with Crippen LogP contribution in [0.25, 0.3) is 0 Å². The highest BCUT2D eigenvalue weighted by molar-refractivity contribution is 6.30. The third-order valence-corrected chi connectivity index (χ3v) is 1.89. The Kier molecular flexibility index (Phi) is 3.31. The summed E-state index contributed by atoms with van der Waals surface area (Å²) >= 11 is 5.17. The number of nitro benzene ring substituents is 1. The maximum Gasteiger partial charge on any atom is 0.308 e. The van der Waals surface area contributed by atoms with Crippen molar-refractivity contribution in [2.45, 2.75) is 0 Å². The van der Waals surface area contributed by atoms with Crippen molar-refractivity contribution >= 4 is 23.1 Å². The first-order valence-electron chi connectivity index (χ1n) is 3.70. The summed E-state index contributed by atoms with van der Waals surface area (Å²) < 4.78 is 25.7. The third kappa shape index (κ3) is 2.27. The molecule has 1 rings (SSSR count). The molecule has 0 aliphatic rings. The summed E-state index contributed by atoms with van der Waals surface area (Å²) in [7, 11) is 0. The average Bonchev–Trinajstić information content (AvgIpc) is 2.20. The monoisotopic (exact) mass is 235 g/mol. The smallest absolute Gasteiger partial charge is 0.293 e. The summed E-state index contributed by atoms with van der Waals surface area (Å²) in [5.74, 6) is -4.20. The molecule has 0 spiro atoms. The number of alkyl halides is 1. The number of hydrogen-bond donors (Lipinski definition) is 0. The largest absolute Gasteiger partial charge is 0.308 e. The molecule has 1 aromatic carbocycles. The molecule has 0 aromatic heterocycles. The Balaban J connectivity index is 3.35. The van der Waals surface area contributed by atoms with E-state index in [-0.39, 0.29) is 5.56 Å². The number of halogens is 3. The van der Waals surface area contributed by atoms with Crippen LogP contribution in [0.3, 0.4) is 0 Å². The lowest BCUT2D eigenvalue weighted by Crippen LogP contribution is -2.04. The van der Waals surface area contributed by atoms with Crippen molar-refractivity contribution < 1.29 is 18.5 Å². The van der Waals surface area contributed by atoms with E-state index in [1.165, 1.54) is 0 Å². The Morgan fingerprint density at radius 1 is 1.47 bits per heavy atom. The number of nitro groups is 1. The van der Waals surface area contributed by atoms with Crippen LogP contribution in [0.1, 0.15) is 10.4 Å². The fourth-order valence-electron chi connectivity index (χ4n) is 0.946. The van der Waals surface area contributed by atoms with Gasteiger partial charge in [-0.05, 0) is 6.07 Å². The predicted octanol–water partition coefficient (Wildman–Crippen LogP) is 2.29. The Labute approximate surface area is 87.6 Å². The van der Waals surface area contributed by atoms with E-state index in [0.717, 1.165) is 0 Å². The first-order chi connectivity index (χ1) is 6.97. The molecule has 0 bridgehead atoms. The van der Waals surface area contributed by atoms with Crippen molar-refractivity contribution in [2.24, 2.45) is 0 Å². The van der Waals surface area contributed by atoms with Gasteiger partial charge in [-0.1, -0.05) is 0 Å². The quantitative estimate of drug-likeness (QED) is 0.350. The molecule has 7 heteroatoms. The van der Waals surface area contributed by atoms with Gasteiger partial charge in [-0.2, -0.15) is 4.39 Å². The van der Waals surface area contributed by atoms with Gasteiger partial charge in [0.1, 0.15) is 0 Å². The zero-order chi connectivity index (χ0) is 11.6. The molecular formula is C8H4ClF2NO3. The predicted molar refractivity (Wildman–Crippen MR) is 48.1 cm³/mol. The zero-order valence-electron chi connectivity index (χ0n) is 7.17. The second-order valence-electron chi connectivity index (χ2n) is 2.61. The number of nitrogens with zero attached hydrogens (tertiary/aromatic N) is 1. The summed E-state index contributed by atoms with van der Waals surface area (Å²) in [6, 6.07) is 1.23. The first kappa shape index (κ1) is 11.5. The van der Waals surface area contributed by atoms with Crippen LogP contribution in [-0.4, -0.2) is 16.6 Å². The molecule has 0 aliphatic heterocycles. The molecule has 15 heavy (non-hydrogen) atoms. The summed E-state index contributed by atoms with van der Waals surface area (Å²) in [5.41, 5.74) is -1.40. The molecule has 1 aromatic rings. The summed E-state index contributed by atoms with van der Waals surface area (Å²) in [6.07, 6.45) is 0. The fraction of sp³-hybridized carbons (Fsp3) is 0.125. The first-order valence-corrected chi connectivity index (χ1v) is 4.23. The molecule has 4 nitrogen and oxygen atoms in total. The molecule has 80 valence electrons. The minimum absolute atomic E-state index is 0.324. The Hall–Kier alpha value is -1.56. The number of carbonyl (C=O) groups is 1. The zero-order valence-corrected chi connectivity index (χ0v) is 7.92. The third-order valence-electron chi connectivity index (χ3n) is 1.65. The average molecular weight is 236 g/mol. The van der Waals surface area contributed by atoms with E-state index in [4.69, 9.17) is 11.6 Å². The van der Waals surface area contributed by atoms with Gasteiger partial charge < -0.3 is 0 Å². The van der Waals surface area contributed by atoms with Crippen molar-refractivity contribution in [3.05, 3.63) is 39.4 Å². The summed E-state index contributed by atoms with van der Waals surface area (Å²) in [4.78, 5) is 20.2. The van der Waals surface area contributed by atoms with Crippen LogP contribution in [-0.2, 0) is 0 Å². The Morgan fingerprint density at radius 2 is 2.07 bits per heavy atom. The molecular weight excluding hydrogens is 232 g/mol. The van der Waals surface area contributed by atoms with Crippen LogP contribution in [0.2, 0.25) is 0 Å². The lowest BCUT2D eigenvalue weighted by atomic mass is 10.1. The number of rotatable bonds is 3. The number of hydrogen-bond acceptors (Lipinski definition) is 3. The van der Waals surface area contributed by atoms with Gasteiger partial charge in [0.25, 0.3) is 0 Å². The fourth-order valence-corrected chi connectivity index (χ4v) is 1.10. The number of carbonyl (C=O) groups excluding carboxylic acids is 1. The van der Waals surface area contributed by atoms with Crippen LogP contribution in [0, 0.1) is 21.7 Å². The number of ketones is 1. The standard InChI is InChI=1S/C8H4ClF2NO3/c9-3-7(13)4-1-5(10)8(11)6(2-4)12(14)15/h1-2H,3H2. The van der Waals surface area contributed by atoms with Crippen LogP contribution in [0.15, 0.2) is 12.1 Å². The van der Waals surface area contributed by atoms with E-state index in [1.807, 2.05) is 0 Å². The van der Waals surface area contributed by atoms with Crippen LogP contribution in [0.5, 0.6) is 0 Å². The van der Waals surface area contributed by atoms with Gasteiger partial charge in [0.15, 0.2) is 11.6 Å². The van der Waals surface area contributed by atoms with Crippen LogP contribution < -0.4 is 0 Å². The van der Waals surface area contributed by atoms with E-state index >= 15 is 0 Å². The molecule has 0 radical (unpaired) electrons. The highest BCUT2D eigenvalue weighted by Crippen LogP contribution is 2.22. The minimum atomic E-state index is -1.59. The maximum atomic E-state index is 12.8. The van der Waals surface area contributed by atoms with E-state index < -0.39 is 33.9 Å². The van der Waals surface area contributed by atoms with Gasteiger partial charge in [0, 0.05) is 11.6 Å². The van der Waals surface area contributed by atoms with Gasteiger partial charge in [-0.15, -0.1) is 11.6 Å². The van der Waals surface area contributed by atoms with Crippen molar-refractivity contribution in [1.29, 1.82) is 0 Å². The van der Waals surface area contributed by atoms with E-state index in [9.17, 15) is 23.7 Å². The Bertz CT molecular complexity index is 436. The second-order valence-corrected chi connectivity index (χ2v) is 2.87. The molecule has 0 N–H and O–H groups in total. The molecule has 0 saturated carbocycles. The summed E-state index contributed by atoms with van der Waals surface area (Å²) in [5, 5.41) is 10.3. The lowest BCUT2D eigenvalue weighted by molar-refractivity contribution is -0.387. The summed E-state index contributed by atoms with van der Waals surface area (Å²) in [6.45, 7) is 0. The highest BCUT2D eigenvalue weighted by Gasteiger charge is 2.22. The van der Waals surface area contributed by atoms with E-state index in [2.05, 4.69) is 0 Å². The van der Waals surface area contributed by atoms with Crippen molar-refractivity contribution in [3.8, 4) is 0 Å². The van der Waals surface area contributed by atoms with Gasteiger partial charge in [-0.3, -0.25) is 14.9 Å². The molecule has 0 unspecified atom stereocenters. The van der Waals surface area contributed by atoms with Crippen molar-refractivity contribution in [3.63, 3.8) is 0 Å². The number of benzene rings is 1. The van der Waals surface area contributed by atoms with Crippen molar-refractivity contribution in [2.75, 3.05) is 5.88 Å². The highest BCUT2D eigenvalue weighted by atomic mass is 35.5. The van der Waals surface area contributed by atoms with Crippen molar-refractivity contribution in [1.82, 2.24) is 0 Å². The van der Waals surface area contributed by atoms with E-state index in [1.54, 1.807) is 0 Å². The topological polar surface area (TPSA) is 60.2 Å². The van der Waals surface area contributed by atoms with Gasteiger partial charge in [-0.25, -0.2) is 4.39 Å². The minimum Gasteiger partial charge on any atom is -0.293 e. The van der Waals surface area contributed by atoms with Crippen LogP contribution in [0.4, 0.5) is 14.5 Å². The molecule has 0 fully saturated rings. The molecule has 0 atom stereocenters.